The number of carboxylic acids is 1. The average molecular weight is 256 g/mol. The first-order valence-corrected chi connectivity index (χ1v) is 3.53. The summed E-state index contributed by atoms with van der Waals surface area (Å²) in [5.41, 5.74) is 0. The molecule has 1 rings (SSSR count). The van der Waals surface area contributed by atoms with Crippen LogP contribution in [0, 0.1) is 5.92 Å². The number of carbonyl (C=O) groups is 1. The predicted molar refractivity (Wildman–Crippen MR) is 59.6 cm³/mol. The number of hydrogen-bond donors (Lipinski definition) is 1. The van der Waals surface area contributed by atoms with Crippen molar-refractivity contribution in [1.29, 1.82) is 0 Å². The van der Waals surface area contributed by atoms with Gasteiger partial charge in [0.25, 0.3) is 0 Å². The number of rotatable bonds is 1. The van der Waals surface area contributed by atoms with E-state index in [1.54, 1.807) is 0 Å². The van der Waals surface area contributed by atoms with E-state index in [4.69, 9.17) is 5.11 Å². The van der Waals surface area contributed by atoms with Crippen molar-refractivity contribution in [2.45, 2.75) is 32.1 Å². The van der Waals surface area contributed by atoms with Crippen molar-refractivity contribution in [2.24, 2.45) is 5.92 Å². The highest BCUT2D eigenvalue weighted by Gasteiger charge is 2.19. The van der Waals surface area contributed by atoms with Crippen molar-refractivity contribution in [3.63, 3.8) is 0 Å². The van der Waals surface area contributed by atoms with Gasteiger partial charge in [-0.2, -0.15) is 0 Å². The highest BCUT2D eigenvalue weighted by Crippen LogP contribution is 2.23. The maximum atomic E-state index is 10.4. The third kappa shape index (κ3) is 8.63. The van der Waals surface area contributed by atoms with E-state index in [0.29, 0.717) is 0 Å². The van der Waals surface area contributed by atoms with Crippen LogP contribution in [0.5, 0.6) is 0 Å². The topological polar surface area (TPSA) is 68.8 Å². The van der Waals surface area contributed by atoms with Crippen LogP contribution in [-0.4, -0.2) is 16.6 Å². The zero-order chi connectivity index (χ0) is 6.69. The Labute approximate surface area is 96.8 Å². The molecule has 1 aliphatic rings. The molecule has 0 radical (unpaired) electrons. The molecular weight excluding hydrogens is 238 g/mol. The van der Waals surface area contributed by atoms with Gasteiger partial charge in [-0.3, -0.25) is 4.79 Å². The van der Waals surface area contributed by atoms with Crippen molar-refractivity contribution in [1.82, 2.24) is 0 Å². The SMILES string of the molecule is Cl.Cl.Cl.O.O=C(O)C1CCCCC1. The minimum Gasteiger partial charge on any atom is -0.481 e. The Morgan fingerprint density at radius 2 is 1.38 bits per heavy atom. The minimum atomic E-state index is -0.602. The summed E-state index contributed by atoms with van der Waals surface area (Å²) in [6, 6.07) is 0. The van der Waals surface area contributed by atoms with Crippen LogP contribution < -0.4 is 0 Å². The third-order valence-electron chi connectivity index (χ3n) is 1.95. The molecule has 0 aromatic rings. The van der Waals surface area contributed by atoms with Crippen LogP contribution in [-0.2, 0) is 4.79 Å². The molecule has 0 heterocycles. The number of hydrogen-bond acceptors (Lipinski definition) is 1. The minimum absolute atomic E-state index is 0. The molecule has 0 saturated heterocycles. The van der Waals surface area contributed by atoms with E-state index >= 15 is 0 Å². The summed E-state index contributed by atoms with van der Waals surface area (Å²) in [4.78, 5) is 10.4. The summed E-state index contributed by atoms with van der Waals surface area (Å²) in [5.74, 6) is -0.631. The second kappa shape index (κ2) is 12.3. The molecular formula is C7H17Cl3O3. The van der Waals surface area contributed by atoms with Gasteiger partial charge in [-0.25, -0.2) is 0 Å². The molecule has 0 aromatic heterocycles. The van der Waals surface area contributed by atoms with Crippen LogP contribution in [0.1, 0.15) is 32.1 Å². The first kappa shape index (κ1) is 23.3. The van der Waals surface area contributed by atoms with E-state index in [1.807, 2.05) is 0 Å². The van der Waals surface area contributed by atoms with Crippen LogP contribution in [0.15, 0.2) is 0 Å². The van der Waals surface area contributed by atoms with Gasteiger partial charge in [-0.1, -0.05) is 19.3 Å². The van der Waals surface area contributed by atoms with Gasteiger partial charge in [0.15, 0.2) is 0 Å². The molecule has 1 saturated carbocycles. The first-order valence-electron chi connectivity index (χ1n) is 3.53. The maximum absolute atomic E-state index is 10.4. The number of aliphatic carboxylic acids is 1. The molecule has 3 nitrogen and oxygen atoms in total. The van der Waals surface area contributed by atoms with Gasteiger partial charge in [0, 0.05) is 0 Å². The summed E-state index contributed by atoms with van der Waals surface area (Å²) in [6.45, 7) is 0. The molecule has 0 bridgehead atoms. The fourth-order valence-corrected chi connectivity index (χ4v) is 1.35. The molecule has 0 unspecified atom stereocenters. The Kier molecular flexibility index (Phi) is 22.0. The molecule has 0 atom stereocenters. The van der Waals surface area contributed by atoms with Crippen LogP contribution in [0.3, 0.4) is 0 Å². The zero-order valence-corrected chi connectivity index (χ0v) is 9.64. The Balaban J connectivity index is -0.000000101. The van der Waals surface area contributed by atoms with Gasteiger partial charge in [-0.15, -0.1) is 37.2 Å². The van der Waals surface area contributed by atoms with E-state index < -0.39 is 5.97 Å². The van der Waals surface area contributed by atoms with Crippen molar-refractivity contribution in [3.05, 3.63) is 0 Å². The zero-order valence-electron chi connectivity index (χ0n) is 7.19. The van der Waals surface area contributed by atoms with Gasteiger partial charge in [0.05, 0.1) is 5.92 Å². The molecule has 1 aliphatic carbocycles. The second-order valence-electron chi connectivity index (χ2n) is 2.67. The van der Waals surface area contributed by atoms with Gasteiger partial charge >= 0.3 is 5.97 Å². The highest BCUT2D eigenvalue weighted by atomic mass is 35.5. The quantitative estimate of drug-likeness (QED) is 0.779. The summed E-state index contributed by atoms with van der Waals surface area (Å²) < 4.78 is 0. The van der Waals surface area contributed by atoms with E-state index in [9.17, 15) is 4.79 Å². The summed E-state index contributed by atoms with van der Waals surface area (Å²) in [7, 11) is 0. The second-order valence-corrected chi connectivity index (χ2v) is 2.67. The van der Waals surface area contributed by atoms with E-state index in [0.717, 1.165) is 25.7 Å². The van der Waals surface area contributed by atoms with Crippen molar-refractivity contribution < 1.29 is 15.4 Å². The monoisotopic (exact) mass is 254 g/mol. The molecule has 0 spiro atoms. The average Bonchev–Trinajstić information content (AvgIpc) is 1.90. The van der Waals surface area contributed by atoms with Crippen LogP contribution in [0.2, 0.25) is 0 Å². The lowest BCUT2D eigenvalue weighted by Crippen LogP contribution is -2.16. The number of carboxylic acid groups (broad SMARTS) is 1. The standard InChI is InChI=1S/C7H12O2.3ClH.H2O/c8-7(9)6-4-2-1-3-5-6;;;;/h6H,1-5H2,(H,8,9);3*1H;1H2. The predicted octanol–water partition coefficient (Wildman–Crippen LogP) is 2.09. The lowest BCUT2D eigenvalue weighted by atomic mass is 9.90. The van der Waals surface area contributed by atoms with Crippen LogP contribution in [0.25, 0.3) is 0 Å². The third-order valence-corrected chi connectivity index (χ3v) is 1.95. The summed E-state index contributed by atoms with van der Waals surface area (Å²) in [5, 5.41) is 8.54. The normalized spacial score (nSPS) is 15.1. The van der Waals surface area contributed by atoms with Gasteiger partial charge in [0.1, 0.15) is 0 Å². The lowest BCUT2D eigenvalue weighted by Gasteiger charge is -2.16. The Bertz CT molecular complexity index is 116. The Morgan fingerprint density at radius 1 is 1.00 bits per heavy atom. The van der Waals surface area contributed by atoms with E-state index in [1.165, 1.54) is 6.42 Å². The van der Waals surface area contributed by atoms with E-state index in [-0.39, 0.29) is 48.6 Å². The largest absolute Gasteiger partial charge is 0.481 e. The lowest BCUT2D eigenvalue weighted by molar-refractivity contribution is -0.142. The smallest absolute Gasteiger partial charge is 0.306 e. The molecule has 84 valence electrons. The molecule has 1 fully saturated rings. The Hall–Kier alpha value is 0.300. The molecule has 0 aliphatic heterocycles. The molecule has 0 aromatic carbocycles. The fraction of sp³-hybridized carbons (Fsp3) is 0.857. The van der Waals surface area contributed by atoms with Crippen molar-refractivity contribution in [2.75, 3.05) is 0 Å². The fourth-order valence-electron chi connectivity index (χ4n) is 1.35. The summed E-state index contributed by atoms with van der Waals surface area (Å²) in [6.07, 6.45) is 5.24. The molecule has 6 heteroatoms. The Morgan fingerprint density at radius 3 is 1.62 bits per heavy atom. The van der Waals surface area contributed by atoms with Crippen LogP contribution in [0.4, 0.5) is 0 Å². The van der Waals surface area contributed by atoms with Crippen molar-refractivity contribution in [3.8, 4) is 0 Å². The van der Waals surface area contributed by atoms with Gasteiger partial charge in [-0.05, 0) is 12.8 Å². The summed E-state index contributed by atoms with van der Waals surface area (Å²) >= 11 is 0. The molecule has 3 N–H and O–H groups in total. The van der Waals surface area contributed by atoms with E-state index in [2.05, 4.69) is 0 Å². The maximum Gasteiger partial charge on any atom is 0.306 e. The number of halogens is 3. The molecule has 0 amide bonds. The molecule has 13 heavy (non-hydrogen) atoms. The van der Waals surface area contributed by atoms with Gasteiger partial charge in [0.2, 0.25) is 0 Å². The van der Waals surface area contributed by atoms with Crippen molar-refractivity contribution >= 4 is 43.2 Å². The van der Waals surface area contributed by atoms with Gasteiger partial charge < -0.3 is 10.6 Å². The first-order chi connectivity index (χ1) is 4.30. The van der Waals surface area contributed by atoms with Crippen LogP contribution >= 0.6 is 37.2 Å². The highest BCUT2D eigenvalue weighted by molar-refractivity contribution is 5.86.